The second-order valence-corrected chi connectivity index (χ2v) is 26.8. The molecule has 12 atom stereocenters. The molecular weight excluding hydrogens is 1170 g/mol. The molecule has 14 nitrogen and oxygen atoms in total. The van der Waals surface area contributed by atoms with Gasteiger partial charge in [0.2, 0.25) is 5.91 Å². The van der Waals surface area contributed by atoms with Crippen LogP contribution in [-0.2, 0) is 23.7 Å². The Kier molecular flexibility index (Phi) is 58.1. The van der Waals surface area contributed by atoms with Gasteiger partial charge < -0.3 is 65.1 Å². The van der Waals surface area contributed by atoms with Gasteiger partial charge >= 0.3 is 0 Å². The van der Waals surface area contributed by atoms with E-state index in [1.54, 1.807) is 0 Å². The van der Waals surface area contributed by atoms with E-state index in [4.69, 9.17) is 18.9 Å². The number of carbonyl (C=O) groups is 1. The molecule has 1 amide bonds. The molecule has 2 aliphatic rings. The van der Waals surface area contributed by atoms with E-state index in [9.17, 15) is 45.6 Å². The van der Waals surface area contributed by atoms with E-state index >= 15 is 0 Å². The third-order valence-corrected chi connectivity index (χ3v) is 18.4. The Balaban J connectivity index is 1.65. The fourth-order valence-electron chi connectivity index (χ4n) is 12.3. The van der Waals surface area contributed by atoms with Crippen molar-refractivity contribution in [3.05, 3.63) is 85.1 Å². The summed E-state index contributed by atoms with van der Waals surface area (Å²) in [5, 5.41) is 87.8. The summed E-state index contributed by atoms with van der Waals surface area (Å²) in [5.74, 6) is -0.212. The molecule has 540 valence electrons. The molecule has 14 heteroatoms. The molecule has 0 saturated carbocycles. The lowest BCUT2D eigenvalue weighted by molar-refractivity contribution is -0.359. The minimum absolute atomic E-state index is 0.212. The first kappa shape index (κ1) is 86.3. The molecule has 93 heavy (non-hydrogen) atoms. The number of hydrogen-bond donors (Lipinski definition) is 9. The Hall–Kier alpha value is -2.83. The monoisotopic (exact) mass is 1310 g/mol. The van der Waals surface area contributed by atoms with Gasteiger partial charge in [0, 0.05) is 6.42 Å². The van der Waals surface area contributed by atoms with Gasteiger partial charge in [0.1, 0.15) is 48.8 Å². The summed E-state index contributed by atoms with van der Waals surface area (Å²) < 4.78 is 23.0. The zero-order valence-electron chi connectivity index (χ0n) is 59.0. The van der Waals surface area contributed by atoms with Crippen molar-refractivity contribution in [2.45, 2.75) is 389 Å². The molecule has 0 aliphatic carbocycles. The van der Waals surface area contributed by atoms with E-state index in [1.807, 2.05) is 0 Å². The van der Waals surface area contributed by atoms with Crippen LogP contribution in [0, 0.1) is 0 Å². The first-order valence-corrected chi connectivity index (χ1v) is 38.3. The largest absolute Gasteiger partial charge is 0.394 e. The molecule has 0 radical (unpaired) electrons. The fraction of sp³-hybridized carbons (Fsp3) is 0.810. The van der Waals surface area contributed by atoms with Crippen LogP contribution in [-0.4, -0.2) is 140 Å². The Bertz CT molecular complexity index is 1890. The summed E-state index contributed by atoms with van der Waals surface area (Å²) in [6, 6.07) is -0.840. The Labute approximate surface area is 567 Å². The predicted molar refractivity (Wildman–Crippen MR) is 383 cm³/mol. The lowest BCUT2D eigenvalue weighted by Gasteiger charge is -2.46. The molecule has 0 aromatic rings. The summed E-state index contributed by atoms with van der Waals surface area (Å²) in [7, 11) is 0. The summed E-state index contributed by atoms with van der Waals surface area (Å²) >= 11 is 0. The zero-order chi connectivity index (χ0) is 67.3. The van der Waals surface area contributed by atoms with E-state index in [2.05, 4.69) is 104 Å². The molecule has 2 aliphatic heterocycles. The number of hydrogen-bond acceptors (Lipinski definition) is 13. The number of rotatable bonds is 63. The third-order valence-electron chi connectivity index (χ3n) is 18.4. The molecule has 0 spiro atoms. The predicted octanol–water partition coefficient (Wildman–Crippen LogP) is 16.7. The Morgan fingerprint density at radius 2 is 0.742 bits per heavy atom. The quantitative estimate of drug-likeness (QED) is 0.0204. The molecule has 12 unspecified atom stereocenters. The van der Waals surface area contributed by atoms with Gasteiger partial charge in [0.25, 0.3) is 0 Å². The minimum atomic E-state index is -1.79. The molecule has 0 aromatic carbocycles. The number of aliphatic hydroxyl groups excluding tert-OH is 8. The third kappa shape index (κ3) is 46.1. The van der Waals surface area contributed by atoms with E-state index in [0.29, 0.717) is 19.3 Å². The highest BCUT2D eigenvalue weighted by molar-refractivity contribution is 5.76. The van der Waals surface area contributed by atoms with E-state index in [0.717, 1.165) is 96.3 Å². The maximum absolute atomic E-state index is 13.4. The van der Waals surface area contributed by atoms with Crippen molar-refractivity contribution in [3.63, 3.8) is 0 Å². The smallest absolute Gasteiger partial charge is 0.220 e. The minimum Gasteiger partial charge on any atom is -0.394 e. The molecular formula is C79H141NO13. The van der Waals surface area contributed by atoms with Crippen molar-refractivity contribution in [2.24, 2.45) is 0 Å². The number of carbonyl (C=O) groups excluding carboxylic acids is 1. The van der Waals surface area contributed by atoms with Crippen molar-refractivity contribution in [2.75, 3.05) is 19.8 Å². The Morgan fingerprint density at radius 3 is 1.14 bits per heavy atom. The normalized spacial score (nSPS) is 23.0. The number of unbranched alkanes of at least 4 members (excludes halogenated alkanes) is 36. The van der Waals surface area contributed by atoms with Crippen LogP contribution in [0.4, 0.5) is 0 Å². The molecule has 2 rings (SSSR count). The highest BCUT2D eigenvalue weighted by Gasteiger charge is 2.51. The fourth-order valence-corrected chi connectivity index (χ4v) is 12.3. The van der Waals surface area contributed by atoms with E-state index in [1.165, 1.54) is 186 Å². The number of allylic oxidation sites excluding steroid dienone is 14. The molecule has 2 heterocycles. The van der Waals surface area contributed by atoms with E-state index < -0.39 is 86.8 Å². The molecule has 0 aromatic heterocycles. The van der Waals surface area contributed by atoms with Crippen molar-refractivity contribution < 1.29 is 64.6 Å². The molecule has 2 saturated heterocycles. The summed E-state index contributed by atoms with van der Waals surface area (Å²) in [5.41, 5.74) is 0. The summed E-state index contributed by atoms with van der Waals surface area (Å²) in [4.78, 5) is 13.4. The van der Waals surface area contributed by atoms with Gasteiger partial charge in [-0.25, -0.2) is 0 Å². The maximum atomic E-state index is 13.4. The average Bonchev–Trinajstić information content (AvgIpc) is 0.851. The standard InChI is InChI=1S/C79H141NO13/c1-3-5-7-9-11-13-15-17-19-21-23-25-27-29-31-33-34-35-37-39-41-43-45-47-49-51-53-55-57-59-61-63-71(84)80-67(66-90-78-76(89)74(87)77(70(65-82)92-78)93-79-75(88)73(86)72(85)69(64-81)91-79)68(83)62-60-58-56-54-52-50-48-46-44-42-40-38-36-32-30-28-26-24-22-20-18-16-14-12-10-8-6-4-2/h5,7,11,13,17,19,23,25,29,31,34-35,39,41,67-70,72-79,81-83,85-89H,3-4,6,8-10,12,14-16,18,20-22,24,26-28,30,32-33,36-38,40,42-66H2,1-2H3,(H,80,84)/b7-5-,13-11-,19-17-,25-23-,31-29-,35-34-,41-39-. The van der Waals surface area contributed by atoms with Crippen LogP contribution in [0.15, 0.2) is 85.1 Å². The SMILES string of the molecule is CC/C=C\C/C=C\C/C=C\C/C=C\C/C=C\C/C=C\C/C=C\CCCCCCCCCCCC(=O)NC(COC1OC(CO)C(OC2OC(CO)C(O)C(O)C2O)C(O)C1O)C(O)CCCCCCCCCCCCCCCCCCCCCCCCCCCCCC. The van der Waals surface area contributed by atoms with Gasteiger partial charge in [-0.15, -0.1) is 0 Å². The average molecular weight is 1310 g/mol. The van der Waals surface area contributed by atoms with Crippen molar-refractivity contribution in [1.82, 2.24) is 5.32 Å². The maximum Gasteiger partial charge on any atom is 0.220 e. The second kappa shape index (κ2) is 62.7. The van der Waals surface area contributed by atoms with Crippen LogP contribution in [0.5, 0.6) is 0 Å². The van der Waals surface area contributed by atoms with Crippen molar-refractivity contribution >= 4 is 5.91 Å². The van der Waals surface area contributed by atoms with E-state index in [-0.39, 0.29) is 12.5 Å². The molecule has 9 N–H and O–H groups in total. The first-order valence-electron chi connectivity index (χ1n) is 38.3. The second-order valence-electron chi connectivity index (χ2n) is 26.8. The van der Waals surface area contributed by atoms with Gasteiger partial charge in [0.15, 0.2) is 12.6 Å². The highest BCUT2D eigenvalue weighted by atomic mass is 16.7. The Morgan fingerprint density at radius 1 is 0.398 bits per heavy atom. The molecule has 0 bridgehead atoms. The highest BCUT2D eigenvalue weighted by Crippen LogP contribution is 2.30. The van der Waals surface area contributed by atoms with Gasteiger partial charge in [-0.3, -0.25) is 4.79 Å². The van der Waals surface area contributed by atoms with Crippen LogP contribution in [0.25, 0.3) is 0 Å². The van der Waals surface area contributed by atoms with Crippen LogP contribution in [0.2, 0.25) is 0 Å². The number of nitrogens with one attached hydrogen (secondary N) is 1. The topological polar surface area (TPSA) is 228 Å². The summed E-state index contributed by atoms with van der Waals surface area (Å²) in [6.45, 7) is 2.78. The number of amides is 1. The van der Waals surface area contributed by atoms with Gasteiger partial charge in [-0.2, -0.15) is 0 Å². The van der Waals surface area contributed by atoms with Gasteiger partial charge in [-0.05, 0) is 70.6 Å². The van der Waals surface area contributed by atoms with Crippen LogP contribution in [0.1, 0.15) is 316 Å². The number of ether oxygens (including phenoxy) is 4. The number of aliphatic hydroxyl groups is 8. The van der Waals surface area contributed by atoms with Gasteiger partial charge in [-0.1, -0.05) is 324 Å². The van der Waals surface area contributed by atoms with Crippen LogP contribution < -0.4 is 5.32 Å². The lowest BCUT2D eigenvalue weighted by atomic mass is 9.97. The van der Waals surface area contributed by atoms with Crippen molar-refractivity contribution in [3.8, 4) is 0 Å². The zero-order valence-corrected chi connectivity index (χ0v) is 59.0. The van der Waals surface area contributed by atoms with Crippen molar-refractivity contribution in [1.29, 1.82) is 0 Å². The first-order chi connectivity index (χ1) is 45.6. The van der Waals surface area contributed by atoms with Crippen LogP contribution >= 0.6 is 0 Å². The summed E-state index contributed by atoms with van der Waals surface area (Å²) in [6.07, 6.45) is 70.3. The van der Waals surface area contributed by atoms with Gasteiger partial charge in [0.05, 0.1) is 32.0 Å². The van der Waals surface area contributed by atoms with Crippen LogP contribution in [0.3, 0.4) is 0 Å². The molecule has 2 fully saturated rings. The lowest BCUT2D eigenvalue weighted by Crippen LogP contribution is -2.65.